The van der Waals surface area contributed by atoms with Gasteiger partial charge in [-0.3, -0.25) is 9.20 Å². The van der Waals surface area contributed by atoms with E-state index in [0.29, 0.717) is 11.2 Å². The maximum Gasteiger partial charge on any atom is 0.340 e. The molecular formula is C14H12N2O3. The van der Waals surface area contributed by atoms with Gasteiger partial charge >= 0.3 is 5.97 Å². The van der Waals surface area contributed by atoms with Gasteiger partial charge in [0.15, 0.2) is 0 Å². The second kappa shape index (κ2) is 4.94. The highest BCUT2D eigenvalue weighted by molar-refractivity contribution is 5.97. The molecular weight excluding hydrogens is 244 g/mol. The third-order valence-electron chi connectivity index (χ3n) is 2.80. The molecule has 0 N–H and O–H groups in total. The van der Waals surface area contributed by atoms with Crippen molar-refractivity contribution >= 4 is 11.5 Å². The first kappa shape index (κ1) is 12.8. The number of hydrogen-bond donors (Lipinski definition) is 0. The van der Waals surface area contributed by atoms with Crippen LogP contribution in [0.1, 0.15) is 28.5 Å². The van der Waals surface area contributed by atoms with Gasteiger partial charge in [0.2, 0.25) is 0 Å². The molecule has 0 saturated carbocycles. The monoisotopic (exact) mass is 256 g/mol. The Kier molecular flexibility index (Phi) is 3.34. The molecule has 0 spiro atoms. The fourth-order valence-electron chi connectivity index (χ4n) is 1.95. The Morgan fingerprint density at radius 1 is 1.47 bits per heavy atom. The summed E-state index contributed by atoms with van der Waals surface area (Å²) in [5.41, 5.74) is 0.827. The minimum atomic E-state index is -0.540. The second-order valence-corrected chi connectivity index (χ2v) is 4.00. The molecule has 2 rings (SSSR count). The van der Waals surface area contributed by atoms with E-state index in [9.17, 15) is 9.59 Å². The highest BCUT2D eigenvalue weighted by atomic mass is 16.5. The largest absolute Gasteiger partial charge is 0.462 e. The van der Waals surface area contributed by atoms with Gasteiger partial charge in [0.05, 0.1) is 17.7 Å². The van der Waals surface area contributed by atoms with E-state index in [1.165, 1.54) is 10.5 Å². The quantitative estimate of drug-likeness (QED) is 0.766. The van der Waals surface area contributed by atoms with Crippen molar-refractivity contribution < 1.29 is 9.53 Å². The molecule has 0 aliphatic carbocycles. The average molecular weight is 256 g/mol. The number of carbonyl (C=O) groups excluding carboxylic acids is 1. The topological polar surface area (TPSA) is 71.6 Å². The number of rotatable bonds is 2. The predicted molar refractivity (Wildman–Crippen MR) is 69.1 cm³/mol. The fourth-order valence-corrected chi connectivity index (χ4v) is 1.95. The molecule has 0 aliphatic heterocycles. The molecule has 96 valence electrons. The summed E-state index contributed by atoms with van der Waals surface area (Å²) in [4.78, 5) is 24.0. The van der Waals surface area contributed by atoms with Crippen LogP contribution in [0.25, 0.3) is 5.52 Å². The van der Waals surface area contributed by atoms with E-state index in [1.54, 1.807) is 32.0 Å². The number of aryl methyl sites for hydroxylation is 1. The molecule has 0 bridgehead atoms. The van der Waals surface area contributed by atoms with Gasteiger partial charge in [0.25, 0.3) is 5.56 Å². The lowest BCUT2D eigenvalue weighted by Gasteiger charge is -2.10. The minimum Gasteiger partial charge on any atom is -0.462 e. The summed E-state index contributed by atoms with van der Waals surface area (Å²) in [7, 11) is 0. The molecule has 0 amide bonds. The van der Waals surface area contributed by atoms with Crippen molar-refractivity contribution in [2.24, 2.45) is 0 Å². The zero-order valence-electron chi connectivity index (χ0n) is 10.6. The summed E-state index contributed by atoms with van der Waals surface area (Å²) in [6.45, 7) is 3.67. The summed E-state index contributed by atoms with van der Waals surface area (Å²) in [5, 5.41) is 8.99. The Morgan fingerprint density at radius 2 is 2.21 bits per heavy atom. The van der Waals surface area contributed by atoms with Gasteiger partial charge in [-0.1, -0.05) is 6.07 Å². The summed E-state index contributed by atoms with van der Waals surface area (Å²) in [5.74, 6) is -0.540. The van der Waals surface area contributed by atoms with Crippen molar-refractivity contribution in [2.75, 3.05) is 6.61 Å². The van der Waals surface area contributed by atoms with Crippen molar-refractivity contribution in [2.45, 2.75) is 13.8 Å². The number of carbonyl (C=O) groups is 1. The van der Waals surface area contributed by atoms with Crippen molar-refractivity contribution in [3.63, 3.8) is 0 Å². The Labute approximate surface area is 109 Å². The standard InChI is InChI=1S/C14H12N2O3/c1-3-19-14(18)11-7-10(8-15)13(17)16-9(2)5-4-6-12(11)16/h4-7H,3H2,1-2H3. The molecule has 19 heavy (non-hydrogen) atoms. The van der Waals surface area contributed by atoms with Crippen LogP contribution in [-0.2, 0) is 4.74 Å². The number of pyridine rings is 2. The van der Waals surface area contributed by atoms with E-state index in [1.807, 2.05) is 6.07 Å². The molecule has 5 heteroatoms. The molecule has 0 unspecified atom stereocenters. The molecule has 0 fully saturated rings. The van der Waals surface area contributed by atoms with Crippen molar-refractivity contribution in [1.29, 1.82) is 5.26 Å². The van der Waals surface area contributed by atoms with Gasteiger partial charge in [0.1, 0.15) is 11.6 Å². The van der Waals surface area contributed by atoms with Crippen LogP contribution in [0, 0.1) is 18.3 Å². The summed E-state index contributed by atoms with van der Waals surface area (Å²) >= 11 is 0. The molecule has 2 heterocycles. The van der Waals surface area contributed by atoms with Crippen LogP contribution in [0.4, 0.5) is 0 Å². The molecule has 0 saturated heterocycles. The fraction of sp³-hybridized carbons (Fsp3) is 0.214. The van der Waals surface area contributed by atoms with Gasteiger partial charge in [-0.05, 0) is 32.0 Å². The summed E-state index contributed by atoms with van der Waals surface area (Å²) in [6.07, 6.45) is 0. The van der Waals surface area contributed by atoms with E-state index < -0.39 is 11.5 Å². The lowest BCUT2D eigenvalue weighted by Crippen LogP contribution is -2.22. The highest BCUT2D eigenvalue weighted by Crippen LogP contribution is 2.14. The first-order valence-electron chi connectivity index (χ1n) is 5.82. The van der Waals surface area contributed by atoms with E-state index in [4.69, 9.17) is 10.00 Å². The Hall–Kier alpha value is -2.61. The normalized spacial score (nSPS) is 10.2. The third-order valence-corrected chi connectivity index (χ3v) is 2.80. The van der Waals surface area contributed by atoms with Gasteiger partial charge < -0.3 is 4.74 Å². The molecule has 5 nitrogen and oxygen atoms in total. The molecule has 2 aromatic heterocycles. The molecule has 0 aliphatic rings. The zero-order chi connectivity index (χ0) is 14.0. The van der Waals surface area contributed by atoms with Crippen LogP contribution < -0.4 is 5.56 Å². The number of aromatic nitrogens is 1. The Balaban J connectivity index is 2.89. The number of nitriles is 1. The smallest absolute Gasteiger partial charge is 0.340 e. The SMILES string of the molecule is CCOC(=O)c1cc(C#N)c(=O)n2c(C)cccc12. The first-order valence-corrected chi connectivity index (χ1v) is 5.82. The number of nitrogens with zero attached hydrogens (tertiary/aromatic N) is 2. The van der Waals surface area contributed by atoms with E-state index in [-0.39, 0.29) is 17.7 Å². The van der Waals surface area contributed by atoms with Crippen LogP contribution in [-0.4, -0.2) is 17.0 Å². The first-order chi connectivity index (χ1) is 9.10. The number of hydrogen-bond acceptors (Lipinski definition) is 4. The van der Waals surface area contributed by atoms with Crippen LogP contribution >= 0.6 is 0 Å². The van der Waals surface area contributed by atoms with Crippen molar-refractivity contribution in [1.82, 2.24) is 4.40 Å². The maximum absolute atomic E-state index is 12.1. The zero-order valence-corrected chi connectivity index (χ0v) is 10.6. The van der Waals surface area contributed by atoms with Gasteiger partial charge in [0, 0.05) is 5.69 Å². The Morgan fingerprint density at radius 3 is 2.84 bits per heavy atom. The van der Waals surface area contributed by atoms with Crippen LogP contribution in [0.3, 0.4) is 0 Å². The number of esters is 1. The van der Waals surface area contributed by atoms with Gasteiger partial charge in [-0.2, -0.15) is 5.26 Å². The van der Waals surface area contributed by atoms with Crippen LogP contribution in [0.5, 0.6) is 0 Å². The number of fused-ring (bicyclic) bond motifs is 1. The maximum atomic E-state index is 12.1. The minimum absolute atomic E-state index is 0.0742. The molecule has 0 radical (unpaired) electrons. The number of ether oxygens (including phenoxy) is 1. The van der Waals surface area contributed by atoms with E-state index in [2.05, 4.69) is 0 Å². The summed E-state index contributed by atoms with van der Waals surface area (Å²) < 4.78 is 6.30. The molecule has 0 atom stereocenters. The second-order valence-electron chi connectivity index (χ2n) is 4.00. The Bertz CT molecular complexity index is 754. The van der Waals surface area contributed by atoms with Crippen molar-refractivity contribution in [3.8, 4) is 6.07 Å². The predicted octanol–water partition coefficient (Wildman–Crippen LogP) is 1.66. The lowest BCUT2D eigenvalue weighted by atomic mass is 10.1. The van der Waals surface area contributed by atoms with E-state index in [0.717, 1.165) is 0 Å². The third kappa shape index (κ3) is 2.08. The highest BCUT2D eigenvalue weighted by Gasteiger charge is 2.16. The van der Waals surface area contributed by atoms with Crippen molar-refractivity contribution in [3.05, 3.63) is 51.4 Å². The average Bonchev–Trinajstić information content (AvgIpc) is 2.39. The van der Waals surface area contributed by atoms with Crippen LogP contribution in [0.2, 0.25) is 0 Å². The molecule has 0 aromatic carbocycles. The van der Waals surface area contributed by atoms with Gasteiger partial charge in [-0.25, -0.2) is 4.79 Å². The summed E-state index contributed by atoms with van der Waals surface area (Å²) in [6, 6.07) is 8.24. The van der Waals surface area contributed by atoms with Crippen LogP contribution in [0.15, 0.2) is 29.1 Å². The van der Waals surface area contributed by atoms with E-state index >= 15 is 0 Å². The van der Waals surface area contributed by atoms with Gasteiger partial charge in [-0.15, -0.1) is 0 Å². The molecule has 2 aromatic rings. The lowest BCUT2D eigenvalue weighted by molar-refractivity contribution is 0.0528.